The van der Waals surface area contributed by atoms with Gasteiger partial charge in [-0.25, -0.2) is 0 Å². The van der Waals surface area contributed by atoms with Gasteiger partial charge in [0.15, 0.2) is 0 Å². The van der Waals surface area contributed by atoms with Crippen LogP contribution < -0.4 is 5.32 Å². The number of thioether (sulfide) groups is 1. The molecule has 0 radical (unpaired) electrons. The molecule has 1 aliphatic rings. The number of carbonyl (C=O) groups is 1. The minimum absolute atomic E-state index is 0.0591. The molecule has 0 saturated carbocycles. The molecule has 3 nitrogen and oxygen atoms in total. The van der Waals surface area contributed by atoms with Crippen molar-refractivity contribution in [3.05, 3.63) is 29.8 Å². The lowest BCUT2D eigenvalue weighted by molar-refractivity contribution is 0.0936. The number of amides is 1. The first-order valence-corrected chi connectivity index (χ1v) is 8.03. The Labute approximate surface area is 119 Å². The van der Waals surface area contributed by atoms with Gasteiger partial charge in [0.2, 0.25) is 0 Å². The first-order valence-electron chi connectivity index (χ1n) is 6.80. The molecule has 0 aromatic heterocycles. The maximum absolute atomic E-state index is 12.2. The molecule has 2 rings (SSSR count). The summed E-state index contributed by atoms with van der Waals surface area (Å²) >= 11 is 1.62. The summed E-state index contributed by atoms with van der Waals surface area (Å²) in [6.07, 6.45) is 4.37. The highest BCUT2D eigenvalue weighted by Crippen LogP contribution is 2.20. The van der Waals surface area contributed by atoms with Gasteiger partial charge in [-0.15, -0.1) is 11.8 Å². The SMILES string of the molecule is CSc1ccccc1C(=O)NCC1CCN(C)CC1. The Balaban J connectivity index is 1.87. The first-order chi connectivity index (χ1) is 9.20. The highest BCUT2D eigenvalue weighted by atomic mass is 32.2. The molecule has 0 bridgehead atoms. The molecule has 1 aliphatic heterocycles. The van der Waals surface area contributed by atoms with E-state index in [1.807, 2.05) is 30.5 Å². The molecule has 1 fully saturated rings. The van der Waals surface area contributed by atoms with Gasteiger partial charge < -0.3 is 10.2 Å². The molecule has 0 spiro atoms. The third kappa shape index (κ3) is 3.98. The highest BCUT2D eigenvalue weighted by Gasteiger charge is 2.18. The molecule has 19 heavy (non-hydrogen) atoms. The number of piperidine rings is 1. The number of nitrogens with one attached hydrogen (secondary N) is 1. The zero-order chi connectivity index (χ0) is 13.7. The van der Waals surface area contributed by atoms with Crippen LogP contribution in [-0.4, -0.2) is 43.7 Å². The number of carbonyl (C=O) groups excluding carboxylic acids is 1. The summed E-state index contributed by atoms with van der Waals surface area (Å²) in [6.45, 7) is 3.08. The molecule has 1 heterocycles. The lowest BCUT2D eigenvalue weighted by atomic mass is 9.97. The highest BCUT2D eigenvalue weighted by molar-refractivity contribution is 7.98. The van der Waals surface area contributed by atoms with Crippen molar-refractivity contribution in [2.45, 2.75) is 17.7 Å². The molecule has 1 amide bonds. The fraction of sp³-hybridized carbons (Fsp3) is 0.533. The summed E-state index contributed by atoms with van der Waals surface area (Å²) in [6, 6.07) is 7.79. The van der Waals surface area contributed by atoms with Crippen molar-refractivity contribution >= 4 is 17.7 Å². The smallest absolute Gasteiger partial charge is 0.252 e. The first kappa shape index (κ1) is 14.4. The summed E-state index contributed by atoms with van der Waals surface area (Å²) in [5, 5.41) is 3.09. The number of likely N-dealkylation sites (tertiary alicyclic amines) is 1. The topological polar surface area (TPSA) is 32.3 Å². The molecular formula is C15H22N2OS. The maximum atomic E-state index is 12.2. The third-order valence-electron chi connectivity index (χ3n) is 3.74. The summed E-state index contributed by atoms with van der Waals surface area (Å²) in [5.41, 5.74) is 0.794. The van der Waals surface area contributed by atoms with E-state index in [0.717, 1.165) is 30.1 Å². The molecule has 1 aromatic carbocycles. The van der Waals surface area contributed by atoms with Gasteiger partial charge in [0.1, 0.15) is 0 Å². The van der Waals surface area contributed by atoms with E-state index in [4.69, 9.17) is 0 Å². The van der Waals surface area contributed by atoms with Crippen molar-refractivity contribution in [2.24, 2.45) is 5.92 Å². The molecule has 1 aromatic rings. The summed E-state index contributed by atoms with van der Waals surface area (Å²) in [7, 11) is 2.16. The second-order valence-electron chi connectivity index (χ2n) is 5.16. The minimum atomic E-state index is 0.0591. The third-order valence-corrected chi connectivity index (χ3v) is 4.54. The number of hydrogen-bond donors (Lipinski definition) is 1. The van der Waals surface area contributed by atoms with E-state index in [1.165, 1.54) is 12.8 Å². The van der Waals surface area contributed by atoms with Crippen LogP contribution in [0.2, 0.25) is 0 Å². The quantitative estimate of drug-likeness (QED) is 0.859. The van der Waals surface area contributed by atoms with Crippen LogP contribution in [0.25, 0.3) is 0 Å². The van der Waals surface area contributed by atoms with E-state index >= 15 is 0 Å². The number of rotatable bonds is 4. The van der Waals surface area contributed by atoms with E-state index in [2.05, 4.69) is 17.3 Å². The number of nitrogens with zero attached hydrogens (tertiary/aromatic N) is 1. The normalized spacial score (nSPS) is 17.4. The van der Waals surface area contributed by atoms with Crippen LogP contribution in [0.3, 0.4) is 0 Å². The Bertz CT molecular complexity index is 428. The van der Waals surface area contributed by atoms with Gasteiger partial charge in [-0.1, -0.05) is 12.1 Å². The molecule has 1 N–H and O–H groups in total. The zero-order valence-electron chi connectivity index (χ0n) is 11.7. The molecule has 104 valence electrons. The standard InChI is InChI=1S/C15H22N2OS/c1-17-9-7-12(8-10-17)11-16-15(18)13-5-3-4-6-14(13)19-2/h3-6,12H,7-11H2,1-2H3,(H,16,18). The fourth-order valence-corrected chi connectivity index (χ4v) is 3.03. The van der Waals surface area contributed by atoms with Gasteiger partial charge in [-0.3, -0.25) is 4.79 Å². The predicted molar refractivity (Wildman–Crippen MR) is 80.8 cm³/mol. The second-order valence-corrected chi connectivity index (χ2v) is 6.01. The Morgan fingerprint density at radius 2 is 2.05 bits per heavy atom. The van der Waals surface area contributed by atoms with Crippen molar-refractivity contribution in [1.82, 2.24) is 10.2 Å². The molecule has 0 aliphatic carbocycles. The maximum Gasteiger partial charge on any atom is 0.252 e. The van der Waals surface area contributed by atoms with Gasteiger partial charge in [-0.2, -0.15) is 0 Å². The van der Waals surface area contributed by atoms with Crippen molar-refractivity contribution in [3.8, 4) is 0 Å². The Kier molecular flexibility index (Phi) is 5.28. The van der Waals surface area contributed by atoms with Crippen molar-refractivity contribution in [1.29, 1.82) is 0 Å². The zero-order valence-corrected chi connectivity index (χ0v) is 12.5. The van der Waals surface area contributed by atoms with Gasteiger partial charge in [-0.05, 0) is 57.3 Å². The summed E-state index contributed by atoms with van der Waals surface area (Å²) in [4.78, 5) is 15.6. The largest absolute Gasteiger partial charge is 0.352 e. The van der Waals surface area contributed by atoms with E-state index in [1.54, 1.807) is 11.8 Å². The molecule has 0 atom stereocenters. The Hall–Kier alpha value is -1.00. The van der Waals surface area contributed by atoms with Crippen LogP contribution in [0, 0.1) is 5.92 Å². The van der Waals surface area contributed by atoms with Crippen molar-refractivity contribution in [3.63, 3.8) is 0 Å². The minimum Gasteiger partial charge on any atom is -0.352 e. The van der Waals surface area contributed by atoms with Crippen LogP contribution in [-0.2, 0) is 0 Å². The van der Waals surface area contributed by atoms with Crippen LogP contribution >= 0.6 is 11.8 Å². The van der Waals surface area contributed by atoms with Gasteiger partial charge >= 0.3 is 0 Å². The predicted octanol–water partition coefficient (Wildman–Crippen LogP) is 2.48. The van der Waals surface area contributed by atoms with Crippen LogP contribution in [0.15, 0.2) is 29.2 Å². The van der Waals surface area contributed by atoms with Gasteiger partial charge in [0.05, 0.1) is 5.56 Å². The van der Waals surface area contributed by atoms with Crippen molar-refractivity contribution in [2.75, 3.05) is 32.9 Å². The molecular weight excluding hydrogens is 256 g/mol. The van der Waals surface area contributed by atoms with Crippen LogP contribution in [0.5, 0.6) is 0 Å². The summed E-state index contributed by atoms with van der Waals surface area (Å²) in [5.74, 6) is 0.686. The van der Waals surface area contributed by atoms with Gasteiger partial charge in [0, 0.05) is 11.4 Å². The van der Waals surface area contributed by atoms with Gasteiger partial charge in [0.25, 0.3) is 5.91 Å². The molecule has 4 heteroatoms. The number of benzene rings is 1. The molecule has 1 saturated heterocycles. The van der Waals surface area contributed by atoms with E-state index in [-0.39, 0.29) is 5.91 Å². The summed E-state index contributed by atoms with van der Waals surface area (Å²) < 4.78 is 0. The Morgan fingerprint density at radius 1 is 1.37 bits per heavy atom. The van der Waals surface area contributed by atoms with Crippen LogP contribution in [0.1, 0.15) is 23.2 Å². The average molecular weight is 278 g/mol. The van der Waals surface area contributed by atoms with Crippen molar-refractivity contribution < 1.29 is 4.79 Å². The van der Waals surface area contributed by atoms with E-state index in [0.29, 0.717) is 5.92 Å². The number of hydrogen-bond acceptors (Lipinski definition) is 3. The van der Waals surface area contributed by atoms with E-state index in [9.17, 15) is 4.79 Å². The average Bonchev–Trinajstić information content (AvgIpc) is 2.46. The monoisotopic (exact) mass is 278 g/mol. The van der Waals surface area contributed by atoms with E-state index < -0.39 is 0 Å². The Morgan fingerprint density at radius 3 is 2.74 bits per heavy atom. The lowest BCUT2D eigenvalue weighted by Crippen LogP contribution is -2.37. The van der Waals surface area contributed by atoms with Crippen LogP contribution in [0.4, 0.5) is 0 Å². The molecule has 0 unspecified atom stereocenters. The second kappa shape index (κ2) is 6.96. The fourth-order valence-electron chi connectivity index (χ4n) is 2.43. The lowest BCUT2D eigenvalue weighted by Gasteiger charge is -2.29.